The van der Waals surface area contributed by atoms with Crippen molar-refractivity contribution in [2.24, 2.45) is 0 Å². The number of H-pyrrole nitrogens is 2. The number of hydrogen-bond donors (Lipinski definition) is 2. The molecule has 0 saturated carbocycles. The van der Waals surface area contributed by atoms with Crippen molar-refractivity contribution in [1.82, 2.24) is 20.2 Å². The molecule has 0 radical (unpaired) electrons. The summed E-state index contributed by atoms with van der Waals surface area (Å²) in [5.41, 5.74) is 8.87. The number of fused-ring (bicyclic) bond motifs is 2. The zero-order valence-electron chi connectivity index (χ0n) is 15.7. The minimum Gasteiger partial charge on any atom is -0.353 e. The second-order valence-electron chi connectivity index (χ2n) is 7.32. The van der Waals surface area contributed by atoms with E-state index in [9.17, 15) is 0 Å². The van der Waals surface area contributed by atoms with Crippen LogP contribution in [0.1, 0.15) is 12.0 Å². The first-order valence-corrected chi connectivity index (χ1v) is 9.74. The van der Waals surface area contributed by atoms with Crippen LogP contribution in [0.4, 0.5) is 0 Å². The molecule has 3 aromatic heterocycles. The van der Waals surface area contributed by atoms with Crippen molar-refractivity contribution in [3.8, 4) is 22.5 Å². The van der Waals surface area contributed by atoms with Gasteiger partial charge in [0.1, 0.15) is 5.69 Å². The minimum absolute atomic E-state index is 0.934. The highest BCUT2D eigenvalue weighted by Gasteiger charge is 2.15. The van der Waals surface area contributed by atoms with Crippen LogP contribution in [-0.2, 0) is 0 Å². The summed E-state index contributed by atoms with van der Waals surface area (Å²) < 4.78 is 0. The third kappa shape index (κ3) is 2.61. The highest BCUT2D eigenvalue weighted by molar-refractivity contribution is 6.01. The first kappa shape index (κ1) is 16.1. The standard InChI is InChI=1S/C25H18N4/c1-2-6-16(5-1)19-8-3-9-22-20(19)14-24(27-22)25-21-13-17(10-11-23(21)28-29-25)18-7-4-12-26-15-18/h1,3-15,27H,2H2,(H,28,29). The number of hydrogen-bond acceptors (Lipinski definition) is 2. The molecule has 0 aliphatic heterocycles. The Hall–Kier alpha value is -3.92. The maximum Gasteiger partial charge on any atom is 0.116 e. The molecule has 4 nitrogen and oxygen atoms in total. The van der Waals surface area contributed by atoms with Gasteiger partial charge in [-0.1, -0.05) is 42.5 Å². The van der Waals surface area contributed by atoms with Gasteiger partial charge >= 0.3 is 0 Å². The maximum absolute atomic E-state index is 4.62. The van der Waals surface area contributed by atoms with Crippen LogP contribution < -0.4 is 0 Å². The van der Waals surface area contributed by atoms with Gasteiger partial charge in [-0.15, -0.1) is 0 Å². The highest BCUT2D eigenvalue weighted by atomic mass is 15.1. The van der Waals surface area contributed by atoms with Crippen LogP contribution >= 0.6 is 0 Å². The monoisotopic (exact) mass is 374 g/mol. The Kier molecular flexibility index (Phi) is 3.50. The van der Waals surface area contributed by atoms with Gasteiger partial charge < -0.3 is 4.98 Å². The number of pyridine rings is 1. The van der Waals surface area contributed by atoms with Gasteiger partial charge in [0.15, 0.2) is 0 Å². The predicted molar refractivity (Wildman–Crippen MR) is 118 cm³/mol. The molecule has 0 atom stereocenters. The summed E-state index contributed by atoms with van der Waals surface area (Å²) in [6.45, 7) is 0. The van der Waals surface area contributed by atoms with E-state index in [0.717, 1.165) is 45.4 Å². The number of nitrogens with one attached hydrogen (secondary N) is 2. The Morgan fingerprint density at radius 3 is 2.72 bits per heavy atom. The Bertz CT molecular complexity index is 1420. The fourth-order valence-electron chi connectivity index (χ4n) is 4.12. The Morgan fingerprint density at radius 1 is 0.862 bits per heavy atom. The van der Waals surface area contributed by atoms with Crippen molar-refractivity contribution in [2.45, 2.75) is 6.42 Å². The lowest BCUT2D eigenvalue weighted by atomic mass is 10.0. The molecule has 0 fully saturated rings. The lowest BCUT2D eigenvalue weighted by molar-refractivity contribution is 1.12. The average Bonchev–Trinajstić information content (AvgIpc) is 3.52. The molecule has 5 aromatic rings. The second kappa shape index (κ2) is 6.31. The maximum atomic E-state index is 4.62. The molecule has 0 bridgehead atoms. The van der Waals surface area contributed by atoms with Crippen LogP contribution in [-0.4, -0.2) is 20.2 Å². The summed E-state index contributed by atoms with van der Waals surface area (Å²) in [5.74, 6) is 0. The fourth-order valence-corrected chi connectivity index (χ4v) is 4.12. The summed E-state index contributed by atoms with van der Waals surface area (Å²) >= 11 is 0. The molecule has 4 heteroatoms. The van der Waals surface area contributed by atoms with E-state index < -0.39 is 0 Å². The van der Waals surface area contributed by atoms with Gasteiger partial charge in [-0.05, 0) is 53.5 Å². The number of rotatable bonds is 3. The number of nitrogens with zero attached hydrogens (tertiary/aromatic N) is 2. The minimum atomic E-state index is 0.934. The lowest BCUT2D eigenvalue weighted by Gasteiger charge is -2.01. The van der Waals surface area contributed by atoms with Crippen LogP contribution in [0.15, 0.2) is 85.2 Å². The molecular weight excluding hydrogens is 356 g/mol. The largest absolute Gasteiger partial charge is 0.353 e. The van der Waals surface area contributed by atoms with Gasteiger partial charge in [0.05, 0.1) is 11.2 Å². The molecule has 1 aliphatic rings. The van der Waals surface area contributed by atoms with E-state index in [1.165, 1.54) is 16.5 Å². The third-order valence-electron chi connectivity index (χ3n) is 5.56. The third-order valence-corrected chi connectivity index (χ3v) is 5.56. The van der Waals surface area contributed by atoms with E-state index in [4.69, 9.17) is 0 Å². The molecule has 0 spiro atoms. The zero-order valence-corrected chi connectivity index (χ0v) is 15.7. The molecule has 0 unspecified atom stereocenters. The van der Waals surface area contributed by atoms with Crippen molar-refractivity contribution in [3.05, 3.63) is 90.8 Å². The van der Waals surface area contributed by atoms with Gasteiger partial charge in [-0.2, -0.15) is 5.10 Å². The van der Waals surface area contributed by atoms with Gasteiger partial charge in [0.25, 0.3) is 0 Å². The summed E-state index contributed by atoms with van der Waals surface area (Å²) in [7, 11) is 0. The molecule has 0 amide bonds. The Morgan fingerprint density at radius 2 is 1.86 bits per heavy atom. The quantitative estimate of drug-likeness (QED) is 0.400. The molecule has 0 saturated heterocycles. The van der Waals surface area contributed by atoms with Crippen LogP contribution in [0, 0.1) is 0 Å². The number of aromatic nitrogens is 4. The van der Waals surface area contributed by atoms with E-state index in [-0.39, 0.29) is 0 Å². The molecule has 2 N–H and O–H groups in total. The predicted octanol–water partition coefficient (Wildman–Crippen LogP) is 6.12. The summed E-state index contributed by atoms with van der Waals surface area (Å²) in [4.78, 5) is 7.81. The summed E-state index contributed by atoms with van der Waals surface area (Å²) in [6, 6.07) is 19.0. The first-order valence-electron chi connectivity index (χ1n) is 9.74. The van der Waals surface area contributed by atoms with E-state index >= 15 is 0 Å². The normalized spacial score (nSPS) is 13.4. The summed E-state index contributed by atoms with van der Waals surface area (Å²) in [5, 5.41) is 10.1. The van der Waals surface area contributed by atoms with E-state index in [1.54, 1.807) is 6.20 Å². The fraction of sp³-hybridized carbons (Fsp3) is 0.0400. The SMILES string of the molecule is C1=CC(c2cccc3[nH]c(-c4n[nH]c5ccc(-c6cccnc6)cc45)cc23)=CC1. The van der Waals surface area contributed by atoms with Gasteiger partial charge in [0.2, 0.25) is 0 Å². The van der Waals surface area contributed by atoms with Gasteiger partial charge in [0, 0.05) is 34.2 Å². The molecule has 6 rings (SSSR count). The van der Waals surface area contributed by atoms with Crippen LogP contribution in [0.25, 0.3) is 49.9 Å². The smallest absolute Gasteiger partial charge is 0.116 e. The van der Waals surface area contributed by atoms with Gasteiger partial charge in [-0.3, -0.25) is 10.1 Å². The zero-order chi connectivity index (χ0) is 19.2. The van der Waals surface area contributed by atoms with Crippen molar-refractivity contribution in [3.63, 3.8) is 0 Å². The molecule has 2 aromatic carbocycles. The number of aromatic amines is 2. The Balaban J connectivity index is 1.52. The van der Waals surface area contributed by atoms with Crippen molar-refractivity contribution in [2.75, 3.05) is 0 Å². The molecule has 1 aliphatic carbocycles. The van der Waals surface area contributed by atoms with Crippen molar-refractivity contribution >= 4 is 27.4 Å². The lowest BCUT2D eigenvalue weighted by Crippen LogP contribution is -1.81. The molecule has 29 heavy (non-hydrogen) atoms. The molecule has 138 valence electrons. The van der Waals surface area contributed by atoms with Crippen molar-refractivity contribution < 1.29 is 0 Å². The summed E-state index contributed by atoms with van der Waals surface area (Å²) in [6.07, 6.45) is 11.4. The number of allylic oxidation sites excluding steroid dienone is 4. The second-order valence-corrected chi connectivity index (χ2v) is 7.32. The van der Waals surface area contributed by atoms with E-state index in [1.807, 2.05) is 12.3 Å². The van der Waals surface area contributed by atoms with E-state index in [0.29, 0.717) is 0 Å². The topological polar surface area (TPSA) is 57.4 Å². The van der Waals surface area contributed by atoms with Gasteiger partial charge in [-0.25, -0.2) is 0 Å². The molecule has 3 heterocycles. The number of benzene rings is 2. The van der Waals surface area contributed by atoms with Crippen molar-refractivity contribution in [1.29, 1.82) is 0 Å². The first-order chi connectivity index (χ1) is 14.4. The Labute approximate surface area is 167 Å². The van der Waals surface area contributed by atoms with Crippen LogP contribution in [0.5, 0.6) is 0 Å². The highest BCUT2D eigenvalue weighted by Crippen LogP contribution is 2.35. The van der Waals surface area contributed by atoms with E-state index in [2.05, 4.69) is 86.9 Å². The average molecular weight is 374 g/mol. The van der Waals surface area contributed by atoms with Crippen LogP contribution in [0.3, 0.4) is 0 Å². The van der Waals surface area contributed by atoms with Crippen LogP contribution in [0.2, 0.25) is 0 Å². The molecular formula is C25H18N4.